The molecule has 106 valence electrons. The van der Waals surface area contributed by atoms with Crippen LogP contribution in [0.4, 0.5) is 14.6 Å². The Balaban J connectivity index is 2.39. The van der Waals surface area contributed by atoms with E-state index in [9.17, 15) is 13.6 Å². The highest BCUT2D eigenvalue weighted by atomic mass is 19.3. The molecule has 3 N–H and O–H groups in total. The summed E-state index contributed by atoms with van der Waals surface area (Å²) in [4.78, 5) is 15.2. The van der Waals surface area contributed by atoms with E-state index in [1.807, 2.05) is 0 Å². The number of benzene rings is 1. The third kappa shape index (κ3) is 3.00. The summed E-state index contributed by atoms with van der Waals surface area (Å²) in [6.45, 7) is -2.22. The summed E-state index contributed by atoms with van der Waals surface area (Å²) < 4.78 is 26.0. The quantitative estimate of drug-likeness (QED) is 0.781. The molecule has 2 aromatic rings. The van der Waals surface area contributed by atoms with Crippen LogP contribution in [0.5, 0.6) is 0 Å². The molecule has 1 heterocycles. The third-order valence-electron chi connectivity index (χ3n) is 2.70. The predicted octanol–water partition coefficient (Wildman–Crippen LogP) is 1.97. The number of aliphatic hydroxyl groups is 1. The zero-order chi connectivity index (χ0) is 14.8. The number of aromatic nitrogens is 1. The monoisotopic (exact) mass is 282 g/mol. The second-order valence-corrected chi connectivity index (χ2v) is 4.25. The van der Waals surface area contributed by atoms with E-state index in [1.165, 1.54) is 6.07 Å². The van der Waals surface area contributed by atoms with Gasteiger partial charge in [0.1, 0.15) is 18.0 Å². The Labute approximate surface area is 112 Å². The number of rotatable bonds is 5. The van der Waals surface area contributed by atoms with Crippen LogP contribution in [0.2, 0.25) is 0 Å². The predicted molar refractivity (Wildman–Crippen MR) is 69.2 cm³/mol. The topological polar surface area (TPSA) is 82.5 Å². The molecule has 1 aromatic carbocycles. The van der Waals surface area contributed by atoms with Crippen LogP contribution in [0.1, 0.15) is 10.4 Å². The van der Waals surface area contributed by atoms with Crippen molar-refractivity contribution in [3.8, 4) is 0 Å². The Morgan fingerprint density at radius 2 is 2.05 bits per heavy atom. The van der Waals surface area contributed by atoms with Gasteiger partial charge in [0.2, 0.25) is 0 Å². The van der Waals surface area contributed by atoms with Gasteiger partial charge in [-0.05, 0) is 12.1 Å². The number of alkyl halides is 2. The van der Waals surface area contributed by atoms with E-state index >= 15 is 0 Å². The molecule has 0 bridgehead atoms. The fourth-order valence-electron chi connectivity index (χ4n) is 1.68. The van der Waals surface area contributed by atoms with Crippen molar-refractivity contribution in [3.63, 3.8) is 0 Å². The number of pyridine rings is 1. The standard InChI is InChI=1S/C13H12F2N2O3/c14-13(15,7-18)6-16-11-9(12(19)20)5-8-3-1-2-4-10(8)17-11/h1-5,18H,6-7H2,(H,16,17)(H,19,20). The fourth-order valence-corrected chi connectivity index (χ4v) is 1.68. The molecular formula is C13H12F2N2O3. The summed E-state index contributed by atoms with van der Waals surface area (Å²) >= 11 is 0. The van der Waals surface area contributed by atoms with Crippen LogP contribution in [-0.2, 0) is 0 Å². The maximum absolute atomic E-state index is 13.0. The number of halogens is 2. The first-order valence-corrected chi connectivity index (χ1v) is 5.78. The van der Waals surface area contributed by atoms with E-state index in [4.69, 9.17) is 10.2 Å². The summed E-state index contributed by atoms with van der Waals surface area (Å²) in [6, 6.07) is 8.13. The number of nitrogens with one attached hydrogen (secondary N) is 1. The summed E-state index contributed by atoms with van der Waals surface area (Å²) in [5.41, 5.74) is 0.296. The summed E-state index contributed by atoms with van der Waals surface area (Å²) in [6.07, 6.45) is 0. The number of carbonyl (C=O) groups is 1. The summed E-state index contributed by atoms with van der Waals surface area (Å²) in [5.74, 6) is -4.76. The first-order valence-electron chi connectivity index (χ1n) is 5.78. The zero-order valence-electron chi connectivity index (χ0n) is 10.3. The van der Waals surface area contributed by atoms with E-state index < -0.39 is 25.0 Å². The minimum atomic E-state index is -3.34. The van der Waals surface area contributed by atoms with Crippen molar-refractivity contribution in [3.05, 3.63) is 35.9 Å². The molecule has 0 saturated carbocycles. The first-order chi connectivity index (χ1) is 9.43. The number of carboxylic acids is 1. The van der Waals surface area contributed by atoms with Crippen molar-refractivity contribution in [2.45, 2.75) is 5.92 Å². The van der Waals surface area contributed by atoms with Crippen molar-refractivity contribution >= 4 is 22.7 Å². The number of anilines is 1. The van der Waals surface area contributed by atoms with Gasteiger partial charge in [0, 0.05) is 5.39 Å². The summed E-state index contributed by atoms with van der Waals surface area (Å²) in [7, 11) is 0. The van der Waals surface area contributed by atoms with Crippen LogP contribution in [-0.4, -0.2) is 40.2 Å². The average Bonchev–Trinajstić information content (AvgIpc) is 2.44. The lowest BCUT2D eigenvalue weighted by Crippen LogP contribution is -2.31. The SMILES string of the molecule is O=C(O)c1cc2ccccc2nc1NCC(F)(F)CO. The fraction of sp³-hybridized carbons (Fsp3) is 0.231. The van der Waals surface area contributed by atoms with Gasteiger partial charge in [-0.1, -0.05) is 18.2 Å². The Morgan fingerprint density at radius 1 is 1.35 bits per heavy atom. The highest BCUT2D eigenvalue weighted by Crippen LogP contribution is 2.22. The normalized spacial score (nSPS) is 11.6. The van der Waals surface area contributed by atoms with Crippen LogP contribution in [0, 0.1) is 0 Å². The van der Waals surface area contributed by atoms with Crippen LogP contribution in [0.3, 0.4) is 0 Å². The highest BCUT2D eigenvalue weighted by molar-refractivity contribution is 5.98. The number of aromatic carboxylic acids is 1. The van der Waals surface area contributed by atoms with Crippen LogP contribution in [0.25, 0.3) is 10.9 Å². The van der Waals surface area contributed by atoms with Gasteiger partial charge >= 0.3 is 5.97 Å². The Morgan fingerprint density at radius 3 is 2.70 bits per heavy atom. The van der Waals surface area contributed by atoms with Crippen molar-refractivity contribution in [1.29, 1.82) is 0 Å². The molecule has 7 heteroatoms. The number of aliphatic hydroxyl groups excluding tert-OH is 1. The van der Waals surface area contributed by atoms with Crippen molar-refractivity contribution < 1.29 is 23.8 Å². The average molecular weight is 282 g/mol. The number of nitrogens with zero attached hydrogens (tertiary/aromatic N) is 1. The van der Waals surface area contributed by atoms with Crippen molar-refractivity contribution in [2.24, 2.45) is 0 Å². The van der Waals surface area contributed by atoms with Gasteiger partial charge in [-0.25, -0.2) is 18.6 Å². The maximum atomic E-state index is 13.0. The second kappa shape index (κ2) is 5.38. The molecule has 0 aliphatic carbocycles. The number of para-hydroxylation sites is 1. The minimum absolute atomic E-state index is 0.149. The molecule has 20 heavy (non-hydrogen) atoms. The summed E-state index contributed by atoms with van der Waals surface area (Å²) in [5, 5.41) is 20.5. The molecule has 0 radical (unpaired) electrons. The van der Waals surface area contributed by atoms with Gasteiger partial charge in [0.15, 0.2) is 0 Å². The van der Waals surface area contributed by atoms with Gasteiger partial charge < -0.3 is 15.5 Å². The third-order valence-corrected chi connectivity index (χ3v) is 2.70. The maximum Gasteiger partial charge on any atom is 0.339 e. The van der Waals surface area contributed by atoms with Crippen molar-refractivity contribution in [2.75, 3.05) is 18.5 Å². The van der Waals surface area contributed by atoms with Gasteiger partial charge in [0.25, 0.3) is 5.92 Å². The number of hydrogen-bond acceptors (Lipinski definition) is 4. The largest absolute Gasteiger partial charge is 0.478 e. The van der Waals surface area contributed by atoms with Crippen LogP contribution in [0.15, 0.2) is 30.3 Å². The van der Waals surface area contributed by atoms with E-state index in [2.05, 4.69) is 10.3 Å². The van der Waals surface area contributed by atoms with E-state index in [0.717, 1.165) is 0 Å². The zero-order valence-corrected chi connectivity index (χ0v) is 10.3. The van der Waals surface area contributed by atoms with Crippen molar-refractivity contribution in [1.82, 2.24) is 4.98 Å². The minimum Gasteiger partial charge on any atom is -0.478 e. The number of carboxylic acid groups (broad SMARTS) is 1. The van der Waals surface area contributed by atoms with Gasteiger partial charge in [-0.3, -0.25) is 0 Å². The lowest BCUT2D eigenvalue weighted by molar-refractivity contribution is -0.0373. The Hall–Kier alpha value is -2.28. The van der Waals surface area contributed by atoms with Gasteiger partial charge in [-0.2, -0.15) is 0 Å². The van der Waals surface area contributed by atoms with E-state index in [1.54, 1.807) is 24.3 Å². The molecule has 0 atom stereocenters. The number of hydrogen-bond donors (Lipinski definition) is 3. The molecule has 0 aliphatic heterocycles. The van der Waals surface area contributed by atoms with E-state index in [-0.39, 0.29) is 11.4 Å². The van der Waals surface area contributed by atoms with Gasteiger partial charge in [0.05, 0.1) is 12.1 Å². The molecule has 0 spiro atoms. The molecule has 1 aromatic heterocycles. The second-order valence-electron chi connectivity index (χ2n) is 4.25. The van der Waals surface area contributed by atoms with Crippen LogP contribution < -0.4 is 5.32 Å². The highest BCUT2D eigenvalue weighted by Gasteiger charge is 2.28. The first kappa shape index (κ1) is 14.1. The molecule has 0 saturated heterocycles. The van der Waals surface area contributed by atoms with E-state index in [0.29, 0.717) is 10.9 Å². The molecule has 2 rings (SSSR count). The van der Waals surface area contributed by atoms with Gasteiger partial charge in [-0.15, -0.1) is 0 Å². The lowest BCUT2D eigenvalue weighted by Gasteiger charge is -2.16. The molecule has 0 amide bonds. The molecule has 0 unspecified atom stereocenters. The molecular weight excluding hydrogens is 270 g/mol. The smallest absolute Gasteiger partial charge is 0.339 e. The molecule has 5 nitrogen and oxygen atoms in total. The Bertz CT molecular complexity index is 647. The lowest BCUT2D eigenvalue weighted by atomic mass is 10.1. The van der Waals surface area contributed by atoms with Crippen LogP contribution >= 0.6 is 0 Å². The Kier molecular flexibility index (Phi) is 3.80. The number of fused-ring (bicyclic) bond motifs is 1. The molecule has 0 fully saturated rings. The molecule has 0 aliphatic rings.